The monoisotopic (exact) mass is 266 g/mol. The molecule has 3 nitrogen and oxygen atoms in total. The Hall–Kier alpha value is -0.570. The molecular weight excluding hydrogens is 236 g/mol. The van der Waals surface area contributed by atoms with Crippen LogP contribution in [-0.4, -0.2) is 18.0 Å². The summed E-state index contributed by atoms with van der Waals surface area (Å²) in [6.07, 6.45) is 11.9. The predicted octanol–water partition coefficient (Wildman–Crippen LogP) is 2.98. The molecule has 1 amide bonds. The normalized spacial score (nSPS) is 33.1. The van der Waals surface area contributed by atoms with Gasteiger partial charge in [0.1, 0.15) is 0 Å². The lowest BCUT2D eigenvalue weighted by Gasteiger charge is -2.43. The van der Waals surface area contributed by atoms with Gasteiger partial charge in [0.15, 0.2) is 0 Å². The summed E-state index contributed by atoms with van der Waals surface area (Å²) in [6, 6.07) is 0. The maximum atomic E-state index is 12.3. The molecule has 19 heavy (non-hydrogen) atoms. The van der Waals surface area contributed by atoms with Crippen LogP contribution in [0.25, 0.3) is 0 Å². The fourth-order valence-corrected chi connectivity index (χ4v) is 3.94. The lowest BCUT2D eigenvalue weighted by molar-refractivity contribution is -0.125. The minimum absolute atomic E-state index is 0.121. The molecule has 0 bridgehead atoms. The number of hydrogen-bond acceptors (Lipinski definition) is 2. The third-order valence-corrected chi connectivity index (χ3v) is 5.40. The average molecular weight is 266 g/mol. The first kappa shape index (κ1) is 14.8. The summed E-state index contributed by atoms with van der Waals surface area (Å²) in [5.41, 5.74) is 5.87. The van der Waals surface area contributed by atoms with Crippen LogP contribution >= 0.6 is 0 Å². The molecule has 0 heterocycles. The summed E-state index contributed by atoms with van der Waals surface area (Å²) in [5, 5.41) is 3.32. The Morgan fingerprint density at radius 3 is 2.47 bits per heavy atom. The van der Waals surface area contributed by atoms with Crippen molar-refractivity contribution >= 4 is 5.91 Å². The lowest BCUT2D eigenvalue weighted by atomic mass is 9.73. The Kier molecular flexibility index (Phi) is 5.26. The van der Waals surface area contributed by atoms with Gasteiger partial charge in [-0.2, -0.15) is 0 Å². The fraction of sp³-hybridized carbons (Fsp3) is 0.938. The van der Waals surface area contributed by atoms with Gasteiger partial charge in [0, 0.05) is 13.0 Å². The first-order valence-electron chi connectivity index (χ1n) is 8.17. The Morgan fingerprint density at radius 2 is 1.84 bits per heavy atom. The van der Waals surface area contributed by atoms with Crippen LogP contribution in [0.5, 0.6) is 0 Å². The zero-order valence-corrected chi connectivity index (χ0v) is 12.4. The zero-order valence-electron chi connectivity index (χ0n) is 12.4. The van der Waals surface area contributed by atoms with Crippen molar-refractivity contribution in [2.24, 2.45) is 17.6 Å². The summed E-state index contributed by atoms with van der Waals surface area (Å²) >= 11 is 0. The van der Waals surface area contributed by atoms with E-state index in [4.69, 9.17) is 5.73 Å². The molecule has 3 heteroatoms. The van der Waals surface area contributed by atoms with Crippen molar-refractivity contribution < 1.29 is 4.79 Å². The first-order chi connectivity index (χ1) is 9.16. The van der Waals surface area contributed by atoms with Gasteiger partial charge in [-0.15, -0.1) is 0 Å². The van der Waals surface area contributed by atoms with Crippen molar-refractivity contribution in [3.8, 4) is 0 Å². The molecule has 0 aromatic carbocycles. The highest BCUT2D eigenvalue weighted by atomic mass is 16.1. The van der Waals surface area contributed by atoms with Gasteiger partial charge in [-0.3, -0.25) is 4.79 Å². The number of carbonyl (C=O) groups excluding carboxylic acids is 1. The molecule has 110 valence electrons. The quantitative estimate of drug-likeness (QED) is 0.822. The Labute approximate surface area is 117 Å². The minimum atomic E-state index is -0.121. The third-order valence-electron chi connectivity index (χ3n) is 5.40. The molecule has 2 aliphatic rings. The molecule has 2 atom stereocenters. The van der Waals surface area contributed by atoms with Crippen molar-refractivity contribution in [1.29, 1.82) is 0 Å². The van der Waals surface area contributed by atoms with Gasteiger partial charge >= 0.3 is 0 Å². The van der Waals surface area contributed by atoms with Gasteiger partial charge in [0.2, 0.25) is 5.91 Å². The molecular formula is C16H30N2O. The highest BCUT2D eigenvalue weighted by Gasteiger charge is 2.38. The number of amides is 1. The van der Waals surface area contributed by atoms with E-state index >= 15 is 0 Å². The topological polar surface area (TPSA) is 55.1 Å². The highest BCUT2D eigenvalue weighted by Crippen LogP contribution is 2.33. The van der Waals surface area contributed by atoms with E-state index in [0.29, 0.717) is 24.8 Å². The summed E-state index contributed by atoms with van der Waals surface area (Å²) < 4.78 is 0. The van der Waals surface area contributed by atoms with Crippen molar-refractivity contribution in [2.45, 2.75) is 76.7 Å². The molecule has 0 aromatic rings. The van der Waals surface area contributed by atoms with Gasteiger partial charge in [-0.1, -0.05) is 39.0 Å². The molecule has 0 saturated heterocycles. The summed E-state index contributed by atoms with van der Waals surface area (Å²) in [5.74, 6) is 1.37. The van der Waals surface area contributed by atoms with Crippen molar-refractivity contribution in [1.82, 2.24) is 5.32 Å². The van der Waals surface area contributed by atoms with Gasteiger partial charge in [-0.25, -0.2) is 0 Å². The smallest absolute Gasteiger partial charge is 0.220 e. The van der Waals surface area contributed by atoms with Crippen LogP contribution in [0.2, 0.25) is 0 Å². The van der Waals surface area contributed by atoms with Crippen LogP contribution in [0.4, 0.5) is 0 Å². The number of hydrogen-bond donors (Lipinski definition) is 2. The molecule has 0 radical (unpaired) electrons. The van der Waals surface area contributed by atoms with Gasteiger partial charge in [0.25, 0.3) is 0 Å². The second-order valence-electron chi connectivity index (χ2n) is 6.76. The van der Waals surface area contributed by atoms with Crippen LogP contribution in [0.3, 0.4) is 0 Å². The molecule has 0 aromatic heterocycles. The van der Waals surface area contributed by atoms with Crippen molar-refractivity contribution in [3.05, 3.63) is 0 Å². The number of carbonyl (C=O) groups is 1. The van der Waals surface area contributed by atoms with E-state index in [-0.39, 0.29) is 11.4 Å². The van der Waals surface area contributed by atoms with Gasteiger partial charge < -0.3 is 11.1 Å². The summed E-state index contributed by atoms with van der Waals surface area (Å²) in [4.78, 5) is 12.3. The second kappa shape index (κ2) is 6.74. The predicted molar refractivity (Wildman–Crippen MR) is 78.8 cm³/mol. The minimum Gasteiger partial charge on any atom is -0.349 e. The zero-order chi connectivity index (χ0) is 13.7. The SMILES string of the molecule is CC1CCCCC1(CN)NC(=O)CC1CCCCC1. The van der Waals surface area contributed by atoms with E-state index in [1.165, 1.54) is 51.4 Å². The highest BCUT2D eigenvalue weighted by molar-refractivity contribution is 5.77. The Balaban J connectivity index is 1.88. The molecule has 0 aliphatic heterocycles. The van der Waals surface area contributed by atoms with Crippen LogP contribution in [0, 0.1) is 11.8 Å². The molecule has 2 saturated carbocycles. The molecule has 2 aliphatic carbocycles. The Morgan fingerprint density at radius 1 is 1.16 bits per heavy atom. The number of nitrogens with two attached hydrogens (primary N) is 1. The summed E-state index contributed by atoms with van der Waals surface area (Å²) in [7, 11) is 0. The van der Waals surface area contributed by atoms with Crippen LogP contribution < -0.4 is 11.1 Å². The van der Waals surface area contributed by atoms with E-state index in [0.717, 1.165) is 6.42 Å². The average Bonchev–Trinajstić information content (AvgIpc) is 2.42. The maximum absolute atomic E-state index is 12.3. The van der Waals surface area contributed by atoms with E-state index in [2.05, 4.69) is 12.2 Å². The standard InChI is InChI=1S/C16H30N2O/c1-13-7-5-6-10-16(13,12-17)18-15(19)11-14-8-3-2-4-9-14/h13-14H,2-12,17H2,1H3,(H,18,19). The van der Waals surface area contributed by atoms with Crippen molar-refractivity contribution in [2.75, 3.05) is 6.54 Å². The number of rotatable bonds is 4. The molecule has 0 spiro atoms. The van der Waals surface area contributed by atoms with Crippen LogP contribution in [0.1, 0.15) is 71.1 Å². The largest absolute Gasteiger partial charge is 0.349 e. The third kappa shape index (κ3) is 3.71. The van der Waals surface area contributed by atoms with Crippen LogP contribution in [0.15, 0.2) is 0 Å². The number of nitrogens with one attached hydrogen (secondary N) is 1. The van der Waals surface area contributed by atoms with E-state index in [9.17, 15) is 4.79 Å². The first-order valence-corrected chi connectivity index (χ1v) is 8.17. The second-order valence-corrected chi connectivity index (χ2v) is 6.76. The molecule has 2 rings (SSSR count). The fourth-order valence-electron chi connectivity index (χ4n) is 3.94. The van der Waals surface area contributed by atoms with Crippen LogP contribution in [-0.2, 0) is 4.79 Å². The summed E-state index contributed by atoms with van der Waals surface area (Å²) in [6.45, 7) is 2.83. The molecule has 2 unspecified atom stereocenters. The molecule has 2 fully saturated rings. The maximum Gasteiger partial charge on any atom is 0.220 e. The van der Waals surface area contributed by atoms with Gasteiger partial charge in [0.05, 0.1) is 5.54 Å². The van der Waals surface area contributed by atoms with Crippen molar-refractivity contribution in [3.63, 3.8) is 0 Å². The van der Waals surface area contributed by atoms with Gasteiger partial charge in [-0.05, 0) is 37.5 Å². The van der Waals surface area contributed by atoms with E-state index in [1.54, 1.807) is 0 Å². The Bertz CT molecular complexity index is 299. The van der Waals surface area contributed by atoms with E-state index < -0.39 is 0 Å². The lowest BCUT2D eigenvalue weighted by Crippen LogP contribution is -2.59. The molecule has 3 N–H and O–H groups in total. The van der Waals surface area contributed by atoms with E-state index in [1.807, 2.05) is 0 Å².